The van der Waals surface area contributed by atoms with Crippen LogP contribution in [0.1, 0.15) is 26.2 Å². The lowest BCUT2D eigenvalue weighted by atomic mass is 10.2. The number of benzene rings is 1. The summed E-state index contributed by atoms with van der Waals surface area (Å²) in [5.74, 6) is 0.644. The van der Waals surface area contributed by atoms with Gasteiger partial charge in [-0.15, -0.1) is 0 Å². The SMILES string of the molecule is CC(N)CCCCS(=O)c1ccc(Cl)c(Cl)c1. The van der Waals surface area contributed by atoms with E-state index in [1.807, 2.05) is 6.92 Å². The minimum absolute atomic E-state index is 0.216. The maximum absolute atomic E-state index is 11.9. The summed E-state index contributed by atoms with van der Waals surface area (Å²) in [5.41, 5.74) is 5.65. The second-order valence-corrected chi connectivity index (χ2v) is 6.48. The van der Waals surface area contributed by atoms with Crippen molar-refractivity contribution in [3.63, 3.8) is 0 Å². The van der Waals surface area contributed by atoms with Crippen LogP contribution in [0.4, 0.5) is 0 Å². The molecule has 17 heavy (non-hydrogen) atoms. The molecule has 0 radical (unpaired) electrons. The van der Waals surface area contributed by atoms with Crippen LogP contribution >= 0.6 is 23.2 Å². The topological polar surface area (TPSA) is 43.1 Å². The van der Waals surface area contributed by atoms with Gasteiger partial charge in [0.1, 0.15) is 0 Å². The fourth-order valence-corrected chi connectivity index (χ4v) is 2.97. The molecular formula is C12H17Cl2NOS. The molecule has 2 nitrogen and oxygen atoms in total. The Balaban J connectivity index is 2.44. The van der Waals surface area contributed by atoms with Crippen LogP contribution in [0.5, 0.6) is 0 Å². The average molecular weight is 294 g/mol. The highest BCUT2D eigenvalue weighted by atomic mass is 35.5. The van der Waals surface area contributed by atoms with E-state index in [0.717, 1.165) is 24.2 Å². The van der Waals surface area contributed by atoms with Gasteiger partial charge in [-0.2, -0.15) is 0 Å². The van der Waals surface area contributed by atoms with Crippen molar-refractivity contribution in [3.8, 4) is 0 Å². The first-order chi connectivity index (χ1) is 8.00. The van der Waals surface area contributed by atoms with Gasteiger partial charge in [0.05, 0.1) is 20.8 Å². The van der Waals surface area contributed by atoms with E-state index in [9.17, 15) is 4.21 Å². The molecule has 2 N–H and O–H groups in total. The summed E-state index contributed by atoms with van der Waals surface area (Å²) in [4.78, 5) is 0.736. The molecule has 0 amide bonds. The van der Waals surface area contributed by atoms with Crippen LogP contribution < -0.4 is 5.73 Å². The predicted molar refractivity (Wildman–Crippen MR) is 75.2 cm³/mol. The largest absolute Gasteiger partial charge is 0.328 e. The molecule has 0 bridgehead atoms. The molecule has 1 aromatic rings. The highest BCUT2D eigenvalue weighted by Crippen LogP contribution is 2.24. The molecule has 0 saturated heterocycles. The van der Waals surface area contributed by atoms with Gasteiger partial charge in [-0.1, -0.05) is 29.6 Å². The molecule has 5 heteroatoms. The van der Waals surface area contributed by atoms with Gasteiger partial charge < -0.3 is 5.73 Å². The van der Waals surface area contributed by atoms with Crippen LogP contribution in [0.2, 0.25) is 10.0 Å². The summed E-state index contributed by atoms with van der Waals surface area (Å²) >= 11 is 11.7. The van der Waals surface area contributed by atoms with E-state index in [0.29, 0.717) is 15.8 Å². The van der Waals surface area contributed by atoms with Gasteiger partial charge in [-0.25, -0.2) is 0 Å². The van der Waals surface area contributed by atoms with E-state index in [-0.39, 0.29) is 6.04 Å². The normalized spacial score (nSPS) is 14.6. The van der Waals surface area contributed by atoms with Crippen LogP contribution in [0.25, 0.3) is 0 Å². The van der Waals surface area contributed by atoms with E-state index in [4.69, 9.17) is 28.9 Å². The Bertz CT molecular complexity index is 396. The molecule has 96 valence electrons. The fourth-order valence-electron chi connectivity index (χ4n) is 1.44. The first-order valence-corrected chi connectivity index (χ1v) is 7.67. The second-order valence-electron chi connectivity index (χ2n) is 4.10. The Morgan fingerprint density at radius 3 is 2.59 bits per heavy atom. The molecule has 0 aliphatic heterocycles. The van der Waals surface area contributed by atoms with E-state index in [1.165, 1.54) is 0 Å². The van der Waals surface area contributed by atoms with Crippen molar-refractivity contribution < 1.29 is 4.21 Å². The van der Waals surface area contributed by atoms with Gasteiger partial charge in [0.25, 0.3) is 0 Å². The van der Waals surface area contributed by atoms with E-state index in [2.05, 4.69) is 0 Å². The number of nitrogens with two attached hydrogens (primary N) is 1. The minimum Gasteiger partial charge on any atom is -0.328 e. The number of rotatable bonds is 6. The molecule has 0 aromatic heterocycles. The maximum Gasteiger partial charge on any atom is 0.0604 e. The van der Waals surface area contributed by atoms with Crippen molar-refractivity contribution in [2.45, 2.75) is 37.1 Å². The van der Waals surface area contributed by atoms with Crippen LogP contribution in [0, 0.1) is 0 Å². The maximum atomic E-state index is 11.9. The van der Waals surface area contributed by atoms with Gasteiger partial charge in [-0.3, -0.25) is 4.21 Å². The molecule has 1 aromatic carbocycles. The van der Waals surface area contributed by atoms with Gasteiger partial charge >= 0.3 is 0 Å². The Labute approximate surface area is 115 Å². The van der Waals surface area contributed by atoms with E-state index in [1.54, 1.807) is 18.2 Å². The van der Waals surface area contributed by atoms with Crippen LogP contribution in [-0.2, 0) is 10.8 Å². The first-order valence-electron chi connectivity index (χ1n) is 5.59. The summed E-state index contributed by atoms with van der Waals surface area (Å²) in [6.07, 6.45) is 2.89. The molecule has 1 rings (SSSR count). The van der Waals surface area contributed by atoms with Gasteiger partial charge in [0.2, 0.25) is 0 Å². The second kappa shape index (κ2) is 7.37. The van der Waals surface area contributed by atoms with Crippen molar-refractivity contribution in [2.24, 2.45) is 5.73 Å². The Hall–Kier alpha value is -0.0900. The third kappa shape index (κ3) is 5.38. The third-order valence-electron chi connectivity index (χ3n) is 2.39. The molecule has 2 unspecified atom stereocenters. The monoisotopic (exact) mass is 293 g/mol. The lowest BCUT2D eigenvalue weighted by molar-refractivity contribution is 0.613. The molecule has 2 atom stereocenters. The van der Waals surface area contributed by atoms with Crippen molar-refractivity contribution in [3.05, 3.63) is 28.2 Å². The molecule has 0 fully saturated rings. The standard InChI is InChI=1S/C12H17Cl2NOS/c1-9(15)4-2-3-7-17(16)10-5-6-11(13)12(14)8-10/h5-6,8-9H,2-4,7,15H2,1H3. The number of hydrogen-bond donors (Lipinski definition) is 1. The lowest BCUT2D eigenvalue weighted by Gasteiger charge is -2.05. The number of hydrogen-bond acceptors (Lipinski definition) is 2. The van der Waals surface area contributed by atoms with Crippen molar-refractivity contribution in [1.29, 1.82) is 0 Å². The Kier molecular flexibility index (Phi) is 6.49. The highest BCUT2D eigenvalue weighted by molar-refractivity contribution is 7.85. The molecule has 0 aliphatic rings. The van der Waals surface area contributed by atoms with Crippen molar-refractivity contribution in [2.75, 3.05) is 5.75 Å². The van der Waals surface area contributed by atoms with Crippen LogP contribution in [0.15, 0.2) is 23.1 Å². The zero-order chi connectivity index (χ0) is 12.8. The van der Waals surface area contributed by atoms with Gasteiger partial charge in [0.15, 0.2) is 0 Å². The molecule has 0 spiro atoms. The van der Waals surface area contributed by atoms with Crippen molar-refractivity contribution >= 4 is 34.0 Å². The summed E-state index contributed by atoms with van der Waals surface area (Å²) in [6, 6.07) is 5.33. The fraction of sp³-hybridized carbons (Fsp3) is 0.500. The molecular weight excluding hydrogens is 277 g/mol. The van der Waals surface area contributed by atoms with Gasteiger partial charge in [-0.05, 0) is 38.0 Å². The summed E-state index contributed by atoms with van der Waals surface area (Å²) < 4.78 is 11.9. The van der Waals surface area contributed by atoms with Crippen molar-refractivity contribution in [1.82, 2.24) is 0 Å². The zero-order valence-corrected chi connectivity index (χ0v) is 12.1. The predicted octanol–water partition coefficient (Wildman–Crippen LogP) is 3.62. The third-order valence-corrected chi connectivity index (χ3v) is 4.57. The molecule has 0 heterocycles. The smallest absolute Gasteiger partial charge is 0.0604 e. The molecule has 0 aliphatic carbocycles. The zero-order valence-electron chi connectivity index (χ0n) is 9.79. The van der Waals surface area contributed by atoms with Crippen LogP contribution in [-0.4, -0.2) is 16.0 Å². The first kappa shape index (κ1) is 15.0. The quantitative estimate of drug-likeness (QED) is 0.814. The minimum atomic E-state index is -1.00. The number of halogens is 2. The number of unbranched alkanes of at least 4 members (excludes halogenated alkanes) is 1. The average Bonchev–Trinajstić information content (AvgIpc) is 2.27. The van der Waals surface area contributed by atoms with Gasteiger partial charge in [0, 0.05) is 16.7 Å². The highest BCUT2D eigenvalue weighted by Gasteiger charge is 2.06. The summed E-state index contributed by atoms with van der Waals surface area (Å²) in [5, 5.41) is 0.942. The Morgan fingerprint density at radius 1 is 1.29 bits per heavy atom. The van der Waals surface area contributed by atoms with Crippen LogP contribution in [0.3, 0.4) is 0 Å². The van der Waals surface area contributed by atoms with E-state index < -0.39 is 10.8 Å². The summed E-state index contributed by atoms with van der Waals surface area (Å²) in [7, 11) is -1.00. The lowest BCUT2D eigenvalue weighted by Crippen LogP contribution is -2.14. The molecule has 0 saturated carbocycles. The van der Waals surface area contributed by atoms with E-state index >= 15 is 0 Å². The Morgan fingerprint density at radius 2 is 2.00 bits per heavy atom. The summed E-state index contributed by atoms with van der Waals surface area (Å²) in [6.45, 7) is 1.98.